The largest absolute Gasteiger partial charge is 0.417 e. The van der Waals surface area contributed by atoms with Crippen LogP contribution in [0.4, 0.5) is 19.0 Å². The molecule has 2 fully saturated rings. The second kappa shape index (κ2) is 9.64. The lowest BCUT2D eigenvalue weighted by molar-refractivity contribution is -0.137. The van der Waals surface area contributed by atoms with E-state index in [9.17, 15) is 22.8 Å². The van der Waals surface area contributed by atoms with Crippen molar-refractivity contribution in [3.8, 4) is 23.1 Å². The highest BCUT2D eigenvalue weighted by Crippen LogP contribution is 2.54. The van der Waals surface area contributed by atoms with Crippen molar-refractivity contribution in [3.05, 3.63) is 52.3 Å². The van der Waals surface area contributed by atoms with Gasteiger partial charge < -0.3 is 16.4 Å². The van der Waals surface area contributed by atoms with Gasteiger partial charge in [-0.25, -0.2) is 4.68 Å². The molecular weight excluding hydrogens is 535 g/mol. The minimum absolute atomic E-state index is 0.0329. The molecule has 0 unspecified atom stereocenters. The summed E-state index contributed by atoms with van der Waals surface area (Å²) in [4.78, 5) is 26.2. The topological polar surface area (TPSA) is 125 Å². The van der Waals surface area contributed by atoms with Crippen LogP contribution >= 0.6 is 11.6 Å². The predicted molar refractivity (Wildman–Crippen MR) is 137 cm³/mol. The molecule has 1 saturated carbocycles. The fraction of sp³-hybridized carbons (Fsp3) is 0.385. The van der Waals surface area contributed by atoms with Crippen molar-refractivity contribution in [1.82, 2.24) is 24.5 Å². The van der Waals surface area contributed by atoms with E-state index in [0.717, 1.165) is 25.3 Å². The Morgan fingerprint density at radius 1 is 1.28 bits per heavy atom. The summed E-state index contributed by atoms with van der Waals surface area (Å²) in [6.07, 6.45) is 0.757. The fourth-order valence-corrected chi connectivity index (χ4v) is 5.78. The zero-order chi connectivity index (χ0) is 28.1. The van der Waals surface area contributed by atoms with Crippen LogP contribution in [0.25, 0.3) is 11.3 Å². The van der Waals surface area contributed by atoms with Crippen molar-refractivity contribution in [3.63, 3.8) is 0 Å². The summed E-state index contributed by atoms with van der Waals surface area (Å²) in [5.74, 6) is 4.43. The van der Waals surface area contributed by atoms with Crippen LogP contribution in [0.15, 0.2) is 30.6 Å². The second-order valence-corrected chi connectivity index (χ2v) is 10.5. The van der Waals surface area contributed by atoms with E-state index in [4.69, 9.17) is 23.1 Å². The summed E-state index contributed by atoms with van der Waals surface area (Å²) in [7, 11) is 0. The van der Waals surface area contributed by atoms with Crippen molar-refractivity contribution in [2.75, 3.05) is 18.8 Å². The number of primary amides is 1. The molecule has 13 heteroatoms. The molecule has 0 bridgehead atoms. The van der Waals surface area contributed by atoms with Crippen molar-refractivity contribution in [1.29, 1.82) is 0 Å². The molecule has 5 rings (SSSR count). The number of anilines is 1. The quantitative estimate of drug-likeness (QED) is 0.461. The first kappa shape index (κ1) is 26.6. The van der Waals surface area contributed by atoms with E-state index in [1.54, 1.807) is 22.7 Å². The van der Waals surface area contributed by atoms with Crippen LogP contribution in [0.2, 0.25) is 5.02 Å². The van der Waals surface area contributed by atoms with Crippen LogP contribution < -0.4 is 11.5 Å². The number of benzene rings is 1. The number of nitrogen functional groups attached to an aromatic ring is 1. The molecule has 2 aromatic heterocycles. The van der Waals surface area contributed by atoms with E-state index in [2.05, 4.69) is 22.0 Å². The third-order valence-electron chi connectivity index (χ3n) is 7.42. The Morgan fingerprint density at radius 3 is 2.69 bits per heavy atom. The van der Waals surface area contributed by atoms with E-state index >= 15 is 0 Å². The lowest BCUT2D eigenvalue weighted by Gasteiger charge is -2.45. The zero-order valence-electron chi connectivity index (χ0n) is 20.9. The molecule has 9 nitrogen and oxygen atoms in total. The molecule has 2 aliphatic rings. The highest BCUT2D eigenvalue weighted by Gasteiger charge is 2.51. The van der Waals surface area contributed by atoms with Gasteiger partial charge >= 0.3 is 6.18 Å². The number of hydrogen-bond donors (Lipinski definition) is 2. The SMILES string of the molecule is CC#CC(=O)N1CCC2(CC(n3nc(-c4cnn(Cc5ccc(Cl)c(C(F)(F)F)c5)c4)c(C(N)=O)c3N)C2)C1. The van der Waals surface area contributed by atoms with E-state index in [0.29, 0.717) is 24.2 Å². The number of hydrogen-bond acceptors (Lipinski definition) is 5. The first-order valence-electron chi connectivity index (χ1n) is 12.2. The van der Waals surface area contributed by atoms with Gasteiger partial charge in [-0.1, -0.05) is 23.6 Å². The summed E-state index contributed by atoms with van der Waals surface area (Å²) < 4.78 is 42.7. The summed E-state index contributed by atoms with van der Waals surface area (Å²) >= 11 is 5.72. The van der Waals surface area contributed by atoms with E-state index in [1.165, 1.54) is 23.0 Å². The van der Waals surface area contributed by atoms with E-state index in [1.807, 2.05) is 0 Å². The van der Waals surface area contributed by atoms with E-state index < -0.39 is 17.6 Å². The first-order valence-corrected chi connectivity index (χ1v) is 12.6. The molecule has 1 spiro atoms. The Balaban J connectivity index is 1.36. The van der Waals surface area contributed by atoms with Crippen LogP contribution in [0.5, 0.6) is 0 Å². The van der Waals surface area contributed by atoms with Gasteiger partial charge in [0.2, 0.25) is 0 Å². The van der Waals surface area contributed by atoms with Crippen molar-refractivity contribution < 1.29 is 22.8 Å². The van der Waals surface area contributed by atoms with Crippen LogP contribution in [-0.4, -0.2) is 49.4 Å². The van der Waals surface area contributed by atoms with Crippen molar-refractivity contribution >= 4 is 29.2 Å². The first-order chi connectivity index (χ1) is 18.4. The average Bonchev–Trinajstić information content (AvgIpc) is 3.56. The van der Waals surface area contributed by atoms with Gasteiger partial charge in [0.05, 0.1) is 29.4 Å². The number of amides is 2. The third kappa shape index (κ3) is 4.94. The lowest BCUT2D eigenvalue weighted by Crippen LogP contribution is -2.42. The minimum atomic E-state index is -4.58. The number of halogens is 4. The highest BCUT2D eigenvalue weighted by atomic mass is 35.5. The molecule has 1 aliphatic carbocycles. The van der Waals surface area contributed by atoms with Crippen LogP contribution in [0.3, 0.4) is 0 Å². The molecule has 39 heavy (non-hydrogen) atoms. The number of aromatic nitrogens is 4. The maximum atomic E-state index is 13.2. The van der Waals surface area contributed by atoms with Gasteiger partial charge in [0.25, 0.3) is 11.8 Å². The number of likely N-dealkylation sites (tertiary alicyclic amines) is 1. The van der Waals surface area contributed by atoms with Crippen LogP contribution in [0.1, 0.15) is 53.7 Å². The van der Waals surface area contributed by atoms with Gasteiger partial charge in [0.1, 0.15) is 17.1 Å². The summed E-state index contributed by atoms with van der Waals surface area (Å²) in [5, 5.41) is 8.45. The summed E-state index contributed by atoms with van der Waals surface area (Å²) in [6.45, 7) is 2.92. The third-order valence-corrected chi connectivity index (χ3v) is 7.75. The summed E-state index contributed by atoms with van der Waals surface area (Å²) in [6, 6.07) is 3.58. The molecule has 4 N–H and O–H groups in total. The molecule has 0 radical (unpaired) electrons. The minimum Gasteiger partial charge on any atom is -0.383 e. The molecule has 1 aliphatic heterocycles. The Hall–Kier alpha value is -3.98. The van der Waals surface area contributed by atoms with Crippen molar-refractivity contribution in [2.45, 2.75) is 44.9 Å². The molecule has 204 valence electrons. The summed E-state index contributed by atoms with van der Waals surface area (Å²) in [5.41, 5.74) is 12.1. The van der Waals surface area contributed by atoms with Gasteiger partial charge in [-0.3, -0.25) is 14.3 Å². The molecule has 3 heterocycles. The number of alkyl halides is 3. The maximum absolute atomic E-state index is 13.2. The maximum Gasteiger partial charge on any atom is 0.417 e. The smallest absolute Gasteiger partial charge is 0.383 e. The number of carbonyl (C=O) groups excluding carboxylic acids is 2. The van der Waals surface area contributed by atoms with Gasteiger partial charge in [0, 0.05) is 24.8 Å². The lowest BCUT2D eigenvalue weighted by atomic mass is 9.65. The zero-order valence-corrected chi connectivity index (χ0v) is 21.7. The number of carbonyl (C=O) groups is 2. The van der Waals surface area contributed by atoms with Crippen LogP contribution in [0, 0.1) is 17.3 Å². The Kier molecular flexibility index (Phi) is 6.58. The fourth-order valence-electron chi connectivity index (χ4n) is 5.56. The average molecular weight is 560 g/mol. The van der Waals surface area contributed by atoms with Gasteiger partial charge in [-0.2, -0.15) is 23.4 Å². The molecule has 3 aromatic rings. The number of nitrogens with zero attached hydrogens (tertiary/aromatic N) is 5. The standard InChI is InChI=1S/C26H25ClF3N7O2/c1-2-3-20(38)35-7-6-25(14-35)9-17(10-25)37-23(31)21(24(32)39)22(34-37)16-11-33-36(13-16)12-15-4-5-19(27)18(8-15)26(28,29)30/h4-5,8,11,13,17H,6-7,9-10,12,14,31H2,1H3,(H2,32,39). The number of rotatable bonds is 5. The van der Waals surface area contributed by atoms with E-state index in [-0.39, 0.29) is 46.0 Å². The predicted octanol–water partition coefficient (Wildman–Crippen LogP) is 3.73. The van der Waals surface area contributed by atoms with Gasteiger partial charge in [-0.15, -0.1) is 0 Å². The van der Waals surface area contributed by atoms with Crippen LogP contribution in [-0.2, 0) is 17.5 Å². The molecule has 2 amide bonds. The Labute approximate surface area is 226 Å². The Bertz CT molecular complexity index is 1530. The molecule has 0 atom stereocenters. The molecule has 1 saturated heterocycles. The number of nitrogens with two attached hydrogens (primary N) is 2. The molecular formula is C26H25ClF3N7O2. The second-order valence-electron chi connectivity index (χ2n) is 10.1. The highest BCUT2D eigenvalue weighted by molar-refractivity contribution is 6.31. The molecule has 1 aromatic carbocycles. The van der Waals surface area contributed by atoms with Gasteiger partial charge in [-0.05, 0) is 55.2 Å². The van der Waals surface area contributed by atoms with Gasteiger partial charge in [0.15, 0.2) is 0 Å². The Morgan fingerprint density at radius 2 is 2.03 bits per heavy atom. The normalized spacial score (nSPS) is 20.5. The van der Waals surface area contributed by atoms with Crippen molar-refractivity contribution in [2.24, 2.45) is 11.1 Å². The monoisotopic (exact) mass is 559 g/mol.